The van der Waals surface area contributed by atoms with Crippen LogP contribution in [0.15, 0.2) is 41.8 Å². The van der Waals surface area contributed by atoms with Gasteiger partial charge in [-0.05, 0) is 54.9 Å². The van der Waals surface area contributed by atoms with Crippen molar-refractivity contribution < 1.29 is 4.79 Å². The largest absolute Gasteiger partial charge is 0.359 e. The van der Waals surface area contributed by atoms with Gasteiger partial charge in [0.15, 0.2) is 0 Å². The highest BCUT2D eigenvalue weighted by atomic mass is 32.1. The molecule has 0 aliphatic carbocycles. The average Bonchev–Trinajstić information content (AvgIpc) is 3.22. The molecule has 140 valence electrons. The first-order valence-corrected chi connectivity index (χ1v) is 10.4. The summed E-state index contributed by atoms with van der Waals surface area (Å²) in [6.07, 6.45) is 2.04. The average molecular weight is 380 g/mol. The fraction of sp³-hybridized carbons (Fsp3) is 0.364. The third-order valence-electron chi connectivity index (χ3n) is 5.40. The van der Waals surface area contributed by atoms with Gasteiger partial charge in [-0.15, -0.1) is 11.3 Å². The van der Waals surface area contributed by atoms with Gasteiger partial charge in [0.05, 0.1) is 22.0 Å². The summed E-state index contributed by atoms with van der Waals surface area (Å²) >= 11 is 1.73. The number of rotatable bonds is 4. The Kier molecular flexibility index (Phi) is 5.23. The van der Waals surface area contributed by atoms with Crippen LogP contribution in [0.1, 0.15) is 24.0 Å². The van der Waals surface area contributed by atoms with E-state index < -0.39 is 0 Å². The molecule has 0 unspecified atom stereocenters. The molecule has 3 heterocycles. The molecule has 1 saturated heterocycles. The molecule has 4 nitrogen and oxygen atoms in total. The van der Waals surface area contributed by atoms with Gasteiger partial charge in [-0.3, -0.25) is 9.69 Å². The van der Waals surface area contributed by atoms with E-state index in [4.69, 9.17) is 4.98 Å². The first kappa shape index (κ1) is 18.1. The van der Waals surface area contributed by atoms with Gasteiger partial charge in [-0.1, -0.05) is 24.3 Å². The molecule has 0 bridgehead atoms. The van der Waals surface area contributed by atoms with Gasteiger partial charge in [0.2, 0.25) is 5.91 Å². The topological polar surface area (TPSA) is 45.2 Å². The van der Waals surface area contributed by atoms with Crippen LogP contribution < -0.4 is 5.32 Å². The number of carbonyl (C=O) groups excluding carboxylic acids is 1. The number of nitrogens with zero attached hydrogens (tertiary/aromatic N) is 2. The molecular formula is C22H25N3OS. The molecule has 27 heavy (non-hydrogen) atoms. The van der Waals surface area contributed by atoms with Crippen LogP contribution in [0.2, 0.25) is 0 Å². The summed E-state index contributed by atoms with van der Waals surface area (Å²) in [6.45, 7) is 4.79. The molecule has 1 atom stereocenters. The lowest BCUT2D eigenvalue weighted by atomic mass is 9.96. The van der Waals surface area contributed by atoms with E-state index in [2.05, 4.69) is 58.9 Å². The van der Waals surface area contributed by atoms with E-state index >= 15 is 0 Å². The summed E-state index contributed by atoms with van der Waals surface area (Å²) in [6, 6.07) is 12.9. The molecule has 1 amide bonds. The van der Waals surface area contributed by atoms with Gasteiger partial charge in [-0.2, -0.15) is 0 Å². The summed E-state index contributed by atoms with van der Waals surface area (Å²) in [5.41, 5.74) is 4.60. The zero-order valence-electron chi connectivity index (χ0n) is 15.9. The number of thiophene rings is 1. The number of pyridine rings is 1. The number of carbonyl (C=O) groups is 1. The number of nitrogens with one attached hydrogen (secondary N) is 1. The van der Waals surface area contributed by atoms with Crippen molar-refractivity contribution in [2.75, 3.05) is 20.1 Å². The van der Waals surface area contributed by atoms with E-state index in [1.54, 1.807) is 18.4 Å². The summed E-state index contributed by atoms with van der Waals surface area (Å²) in [7, 11) is 1.73. The Labute approximate surface area is 164 Å². The number of para-hydroxylation sites is 1. The molecule has 2 aromatic heterocycles. The van der Waals surface area contributed by atoms with Crippen molar-refractivity contribution in [2.45, 2.75) is 26.3 Å². The molecule has 0 spiro atoms. The molecule has 1 aliphatic heterocycles. The number of piperidine rings is 1. The number of hydrogen-bond acceptors (Lipinski definition) is 4. The molecule has 1 fully saturated rings. The molecular weight excluding hydrogens is 354 g/mol. The second kappa shape index (κ2) is 7.79. The van der Waals surface area contributed by atoms with Crippen molar-refractivity contribution in [3.05, 3.63) is 52.9 Å². The second-order valence-corrected chi connectivity index (χ2v) is 8.26. The maximum absolute atomic E-state index is 12.1. The molecule has 0 saturated carbocycles. The van der Waals surface area contributed by atoms with Gasteiger partial charge >= 0.3 is 0 Å². The van der Waals surface area contributed by atoms with Gasteiger partial charge in [-0.25, -0.2) is 4.98 Å². The van der Waals surface area contributed by atoms with Crippen molar-refractivity contribution >= 4 is 28.1 Å². The highest BCUT2D eigenvalue weighted by Crippen LogP contribution is 2.31. The highest BCUT2D eigenvalue weighted by molar-refractivity contribution is 7.13. The molecule has 0 radical (unpaired) electrons. The minimum Gasteiger partial charge on any atom is -0.359 e. The number of aryl methyl sites for hydroxylation is 1. The standard InChI is InChI=1S/C22H25N3OS/c1-15-6-3-7-16-12-18(21(24-20(15)16)19-9-5-11-27-19)14-25-10-4-8-17(13-25)22(26)23-2/h3,5-7,9,11-12,17H,4,8,10,13-14H2,1-2H3,(H,23,26)/t17-/m1/s1. The van der Waals surface area contributed by atoms with Crippen molar-refractivity contribution in [1.29, 1.82) is 0 Å². The number of aromatic nitrogens is 1. The van der Waals surface area contributed by atoms with Crippen molar-refractivity contribution in [3.63, 3.8) is 0 Å². The fourth-order valence-electron chi connectivity index (χ4n) is 4.00. The van der Waals surface area contributed by atoms with Gasteiger partial charge in [0, 0.05) is 25.5 Å². The fourth-order valence-corrected chi connectivity index (χ4v) is 4.75. The minimum atomic E-state index is 0.0876. The molecule has 3 aromatic rings. The second-order valence-electron chi connectivity index (χ2n) is 7.31. The third-order valence-corrected chi connectivity index (χ3v) is 6.27. The van der Waals surface area contributed by atoms with E-state index in [1.807, 2.05) is 0 Å². The zero-order chi connectivity index (χ0) is 18.8. The molecule has 4 rings (SSSR count). The summed E-state index contributed by atoms with van der Waals surface area (Å²) in [5.74, 6) is 0.245. The molecule has 1 aromatic carbocycles. The van der Waals surface area contributed by atoms with Crippen LogP contribution in [-0.4, -0.2) is 35.9 Å². The number of fused-ring (bicyclic) bond motifs is 1. The van der Waals surface area contributed by atoms with E-state index in [0.717, 1.165) is 43.7 Å². The predicted octanol–water partition coefficient (Wildman–Crippen LogP) is 4.23. The Hall–Kier alpha value is -2.24. The normalized spacial score (nSPS) is 17.9. The van der Waals surface area contributed by atoms with Crippen molar-refractivity contribution in [3.8, 4) is 10.6 Å². The summed E-state index contributed by atoms with van der Waals surface area (Å²) in [5, 5.41) is 6.09. The van der Waals surface area contributed by atoms with Crippen molar-refractivity contribution in [1.82, 2.24) is 15.2 Å². The Bertz CT molecular complexity index is 952. The first-order valence-electron chi connectivity index (χ1n) is 9.53. The number of likely N-dealkylation sites (tertiary alicyclic amines) is 1. The Morgan fingerprint density at radius 2 is 2.22 bits per heavy atom. The lowest BCUT2D eigenvalue weighted by molar-refractivity contribution is -0.126. The maximum Gasteiger partial charge on any atom is 0.224 e. The van der Waals surface area contributed by atoms with Crippen LogP contribution in [0.25, 0.3) is 21.5 Å². The van der Waals surface area contributed by atoms with Gasteiger partial charge in [0.1, 0.15) is 0 Å². The Morgan fingerprint density at radius 3 is 3.00 bits per heavy atom. The van der Waals surface area contributed by atoms with Crippen LogP contribution in [0.5, 0.6) is 0 Å². The van der Waals surface area contributed by atoms with Crippen LogP contribution in [0.4, 0.5) is 0 Å². The first-order chi connectivity index (χ1) is 13.2. The summed E-state index contributed by atoms with van der Waals surface area (Å²) in [4.78, 5) is 20.7. The summed E-state index contributed by atoms with van der Waals surface area (Å²) < 4.78 is 0. The number of benzene rings is 1. The molecule has 1 aliphatic rings. The minimum absolute atomic E-state index is 0.0876. The number of hydrogen-bond donors (Lipinski definition) is 1. The quantitative estimate of drug-likeness (QED) is 0.738. The smallest absolute Gasteiger partial charge is 0.224 e. The van der Waals surface area contributed by atoms with E-state index in [-0.39, 0.29) is 11.8 Å². The van der Waals surface area contributed by atoms with Crippen LogP contribution in [-0.2, 0) is 11.3 Å². The lowest BCUT2D eigenvalue weighted by Gasteiger charge is -2.32. The lowest BCUT2D eigenvalue weighted by Crippen LogP contribution is -2.41. The Morgan fingerprint density at radius 1 is 1.33 bits per heavy atom. The number of amides is 1. The third kappa shape index (κ3) is 3.75. The van der Waals surface area contributed by atoms with Crippen LogP contribution >= 0.6 is 11.3 Å². The van der Waals surface area contributed by atoms with E-state index in [0.29, 0.717) is 0 Å². The van der Waals surface area contributed by atoms with Crippen LogP contribution in [0.3, 0.4) is 0 Å². The predicted molar refractivity (Wildman–Crippen MR) is 112 cm³/mol. The van der Waals surface area contributed by atoms with E-state index in [9.17, 15) is 4.79 Å². The van der Waals surface area contributed by atoms with Gasteiger partial charge < -0.3 is 5.32 Å². The Balaban J connectivity index is 1.70. The van der Waals surface area contributed by atoms with Crippen LogP contribution in [0, 0.1) is 12.8 Å². The maximum atomic E-state index is 12.1. The van der Waals surface area contributed by atoms with Crippen molar-refractivity contribution in [2.24, 2.45) is 5.92 Å². The van der Waals surface area contributed by atoms with Gasteiger partial charge in [0.25, 0.3) is 0 Å². The van der Waals surface area contributed by atoms with E-state index in [1.165, 1.54) is 21.4 Å². The zero-order valence-corrected chi connectivity index (χ0v) is 16.7. The molecule has 1 N–H and O–H groups in total. The SMILES string of the molecule is CNC(=O)[C@@H]1CCCN(Cc2cc3cccc(C)c3nc2-c2cccs2)C1. The highest BCUT2D eigenvalue weighted by Gasteiger charge is 2.26. The monoisotopic (exact) mass is 379 g/mol. The molecule has 5 heteroatoms.